The highest BCUT2D eigenvalue weighted by Crippen LogP contribution is 2.35. The molecular weight excluding hydrogens is 514 g/mol. The van der Waals surface area contributed by atoms with Crippen LogP contribution in [0.25, 0.3) is 10.9 Å². The van der Waals surface area contributed by atoms with Crippen molar-refractivity contribution in [2.45, 2.75) is 32.4 Å². The van der Waals surface area contributed by atoms with Crippen molar-refractivity contribution in [3.8, 4) is 17.6 Å². The molecule has 8 heteroatoms. The number of halogens is 3. The lowest BCUT2D eigenvalue weighted by Gasteiger charge is -2.35. The summed E-state index contributed by atoms with van der Waals surface area (Å²) in [6.45, 7) is 3.43. The SMILES string of the molecule is COc1ccc2nccc(C(F)CC[C@@H]3CCN(CC#Cc4c(C)cc(Cl)cc4Cl)C[C@@H]3C(=O)O)c2c1. The molecule has 194 valence electrons. The number of pyridine rings is 1. The molecule has 2 aromatic carbocycles. The molecule has 1 aromatic heterocycles. The Hall–Kier alpha value is -2.85. The predicted octanol–water partition coefficient (Wildman–Crippen LogP) is 6.72. The standard InChI is InChI=1S/C29H29Cl2FN2O3/c1-18-14-20(30)15-26(31)22(18)4-3-12-34-13-10-19(25(17-34)29(35)36)5-7-27(32)23-9-11-33-28-8-6-21(37-2)16-24(23)28/h6,8-9,11,14-16,19,25,27H,5,7,10,12-13,17H2,1-2H3,(H,35,36)/t19-,25+,27?/m1/s1. The molecule has 1 aliphatic rings. The molecule has 2 heterocycles. The predicted molar refractivity (Wildman–Crippen MR) is 145 cm³/mol. The number of aromatic nitrogens is 1. The Labute approximate surface area is 226 Å². The van der Waals surface area contributed by atoms with Crippen LogP contribution in [0, 0.1) is 30.6 Å². The molecule has 0 amide bonds. The summed E-state index contributed by atoms with van der Waals surface area (Å²) in [4.78, 5) is 18.4. The summed E-state index contributed by atoms with van der Waals surface area (Å²) in [6, 6.07) is 10.6. The van der Waals surface area contributed by atoms with E-state index < -0.39 is 18.1 Å². The van der Waals surface area contributed by atoms with Crippen LogP contribution in [0.4, 0.5) is 4.39 Å². The number of carboxylic acids is 1. The van der Waals surface area contributed by atoms with Gasteiger partial charge in [-0.15, -0.1) is 0 Å². The number of carboxylic acid groups (broad SMARTS) is 1. The molecule has 1 fully saturated rings. The van der Waals surface area contributed by atoms with Gasteiger partial charge in [0.2, 0.25) is 0 Å². The lowest BCUT2D eigenvalue weighted by Crippen LogP contribution is -2.44. The van der Waals surface area contributed by atoms with Crippen LogP contribution < -0.4 is 4.74 Å². The van der Waals surface area contributed by atoms with Gasteiger partial charge in [0, 0.05) is 28.7 Å². The number of aryl methyl sites for hydroxylation is 1. The number of hydrogen-bond acceptors (Lipinski definition) is 4. The van der Waals surface area contributed by atoms with E-state index in [2.05, 4.69) is 16.8 Å². The zero-order chi connectivity index (χ0) is 26.5. The Kier molecular flexibility index (Phi) is 8.91. The van der Waals surface area contributed by atoms with Crippen molar-refractivity contribution in [3.63, 3.8) is 0 Å². The molecule has 1 saturated heterocycles. The monoisotopic (exact) mass is 542 g/mol. The zero-order valence-electron chi connectivity index (χ0n) is 20.8. The molecule has 0 aliphatic carbocycles. The van der Waals surface area contributed by atoms with Crippen molar-refractivity contribution < 1.29 is 19.0 Å². The molecule has 0 bridgehead atoms. The van der Waals surface area contributed by atoms with Gasteiger partial charge >= 0.3 is 5.97 Å². The van der Waals surface area contributed by atoms with E-state index in [1.807, 2.05) is 24.0 Å². The number of hydrogen-bond donors (Lipinski definition) is 1. The first-order valence-corrected chi connectivity index (χ1v) is 13.0. The second-order valence-corrected chi connectivity index (χ2v) is 10.3. The van der Waals surface area contributed by atoms with Crippen LogP contribution in [-0.2, 0) is 4.79 Å². The van der Waals surface area contributed by atoms with Gasteiger partial charge in [-0.2, -0.15) is 0 Å². The Morgan fingerprint density at radius 1 is 1.30 bits per heavy atom. The molecule has 3 aromatic rings. The molecule has 1 aliphatic heterocycles. The average Bonchev–Trinajstić information content (AvgIpc) is 2.88. The Balaban J connectivity index is 1.39. The number of fused-ring (bicyclic) bond motifs is 1. The number of piperidine rings is 1. The Morgan fingerprint density at radius 2 is 2.11 bits per heavy atom. The number of carbonyl (C=O) groups is 1. The van der Waals surface area contributed by atoms with Crippen LogP contribution in [0.5, 0.6) is 5.75 Å². The number of nitrogens with zero attached hydrogens (tertiary/aromatic N) is 2. The number of methoxy groups -OCH3 is 1. The van der Waals surface area contributed by atoms with Crippen LogP contribution >= 0.6 is 23.2 Å². The van der Waals surface area contributed by atoms with Crippen molar-refractivity contribution in [2.24, 2.45) is 11.8 Å². The largest absolute Gasteiger partial charge is 0.497 e. The molecule has 0 radical (unpaired) electrons. The van der Waals surface area contributed by atoms with E-state index in [0.717, 1.165) is 11.1 Å². The van der Waals surface area contributed by atoms with Crippen LogP contribution in [0.1, 0.15) is 42.1 Å². The normalized spacial score (nSPS) is 18.7. The minimum Gasteiger partial charge on any atom is -0.497 e. The first-order valence-electron chi connectivity index (χ1n) is 12.2. The number of likely N-dealkylation sites (tertiary alicyclic amines) is 1. The number of benzene rings is 2. The molecule has 1 unspecified atom stereocenters. The topological polar surface area (TPSA) is 62.7 Å². The number of alkyl halides is 1. The van der Waals surface area contributed by atoms with E-state index in [-0.39, 0.29) is 12.3 Å². The molecule has 4 rings (SSSR count). The molecule has 1 N–H and O–H groups in total. The van der Waals surface area contributed by atoms with E-state index in [1.54, 1.807) is 37.6 Å². The maximum Gasteiger partial charge on any atom is 0.308 e. The maximum absolute atomic E-state index is 15.4. The first kappa shape index (κ1) is 27.2. The number of aliphatic carboxylic acids is 1. The minimum atomic E-state index is -1.22. The second-order valence-electron chi connectivity index (χ2n) is 9.44. The molecule has 0 spiro atoms. The van der Waals surface area contributed by atoms with Crippen molar-refractivity contribution in [3.05, 3.63) is 69.3 Å². The fourth-order valence-electron chi connectivity index (χ4n) is 5.00. The second kappa shape index (κ2) is 12.1. The van der Waals surface area contributed by atoms with Gasteiger partial charge in [-0.05, 0) is 86.2 Å². The lowest BCUT2D eigenvalue weighted by atomic mass is 9.81. The van der Waals surface area contributed by atoms with Crippen molar-refractivity contribution >= 4 is 40.1 Å². The highest BCUT2D eigenvalue weighted by atomic mass is 35.5. The molecule has 5 nitrogen and oxygen atoms in total. The van der Waals surface area contributed by atoms with Gasteiger partial charge in [0.05, 0.1) is 30.1 Å². The highest BCUT2D eigenvalue weighted by Gasteiger charge is 2.34. The van der Waals surface area contributed by atoms with E-state index in [4.69, 9.17) is 27.9 Å². The van der Waals surface area contributed by atoms with Gasteiger partial charge < -0.3 is 9.84 Å². The third-order valence-electron chi connectivity index (χ3n) is 7.04. The Morgan fingerprint density at radius 3 is 2.84 bits per heavy atom. The van der Waals surface area contributed by atoms with Gasteiger partial charge in [0.1, 0.15) is 11.9 Å². The summed E-state index contributed by atoms with van der Waals surface area (Å²) in [5.41, 5.74) is 2.88. The summed E-state index contributed by atoms with van der Waals surface area (Å²) in [5, 5.41) is 11.7. The fourth-order valence-corrected chi connectivity index (χ4v) is 5.64. The smallest absolute Gasteiger partial charge is 0.308 e. The molecule has 37 heavy (non-hydrogen) atoms. The molecule has 0 saturated carbocycles. The number of ether oxygens (including phenoxy) is 1. The quantitative estimate of drug-likeness (QED) is 0.335. The first-order chi connectivity index (χ1) is 17.8. The fraction of sp³-hybridized carbons (Fsp3) is 0.379. The summed E-state index contributed by atoms with van der Waals surface area (Å²) in [5.74, 6) is 5.34. The lowest BCUT2D eigenvalue weighted by molar-refractivity contribution is -0.146. The summed E-state index contributed by atoms with van der Waals surface area (Å²) in [6.07, 6.45) is 1.80. The minimum absolute atomic E-state index is 0.101. The summed E-state index contributed by atoms with van der Waals surface area (Å²) in [7, 11) is 1.57. The Bertz CT molecular complexity index is 1330. The van der Waals surface area contributed by atoms with Gasteiger partial charge in [-0.1, -0.05) is 35.0 Å². The van der Waals surface area contributed by atoms with E-state index >= 15 is 4.39 Å². The highest BCUT2D eigenvalue weighted by molar-refractivity contribution is 6.35. The molecular formula is C29H29Cl2FN2O3. The third-order valence-corrected chi connectivity index (χ3v) is 7.55. The van der Waals surface area contributed by atoms with Gasteiger partial charge in [0.25, 0.3) is 0 Å². The number of rotatable bonds is 7. The van der Waals surface area contributed by atoms with Gasteiger partial charge in [-0.25, -0.2) is 4.39 Å². The van der Waals surface area contributed by atoms with Crippen LogP contribution in [-0.4, -0.2) is 47.7 Å². The van der Waals surface area contributed by atoms with E-state index in [9.17, 15) is 9.90 Å². The van der Waals surface area contributed by atoms with Crippen LogP contribution in [0.2, 0.25) is 10.0 Å². The average molecular weight is 543 g/mol. The maximum atomic E-state index is 15.4. The van der Waals surface area contributed by atoms with Gasteiger partial charge in [0.15, 0.2) is 0 Å². The van der Waals surface area contributed by atoms with Crippen molar-refractivity contribution in [1.29, 1.82) is 0 Å². The summed E-state index contributed by atoms with van der Waals surface area (Å²) < 4.78 is 20.7. The van der Waals surface area contributed by atoms with Crippen molar-refractivity contribution in [2.75, 3.05) is 26.7 Å². The zero-order valence-corrected chi connectivity index (χ0v) is 22.3. The van der Waals surface area contributed by atoms with Crippen LogP contribution in [0.3, 0.4) is 0 Å². The van der Waals surface area contributed by atoms with E-state index in [0.29, 0.717) is 64.7 Å². The van der Waals surface area contributed by atoms with Gasteiger partial charge in [-0.3, -0.25) is 14.7 Å². The van der Waals surface area contributed by atoms with E-state index in [1.165, 1.54) is 0 Å². The summed E-state index contributed by atoms with van der Waals surface area (Å²) >= 11 is 12.3. The van der Waals surface area contributed by atoms with Crippen molar-refractivity contribution in [1.82, 2.24) is 9.88 Å². The van der Waals surface area contributed by atoms with Crippen LogP contribution in [0.15, 0.2) is 42.6 Å². The third kappa shape index (κ3) is 6.54. The molecule has 3 atom stereocenters.